The third kappa shape index (κ3) is 6.90. The van der Waals surface area contributed by atoms with Crippen molar-refractivity contribution in [1.82, 2.24) is 10.6 Å². The molecule has 136 valence electrons. The Morgan fingerprint density at radius 2 is 1.85 bits per heavy atom. The summed E-state index contributed by atoms with van der Waals surface area (Å²) >= 11 is 6.86. The third-order valence-corrected chi connectivity index (χ3v) is 4.46. The van der Waals surface area contributed by atoms with Gasteiger partial charge in [-0.3, -0.25) is 10.1 Å². The SMILES string of the molecule is CCOc1ccc(/C=C/C(=O)NC(=S)NCc2ccc(SC)cc2)cc1. The molecule has 2 aromatic rings. The minimum absolute atomic E-state index is 0.269. The van der Waals surface area contributed by atoms with Gasteiger partial charge >= 0.3 is 0 Å². The van der Waals surface area contributed by atoms with E-state index in [0.717, 1.165) is 16.9 Å². The van der Waals surface area contributed by atoms with E-state index in [1.54, 1.807) is 17.8 Å². The van der Waals surface area contributed by atoms with E-state index in [0.29, 0.717) is 18.3 Å². The van der Waals surface area contributed by atoms with Crippen LogP contribution in [-0.4, -0.2) is 23.9 Å². The summed E-state index contributed by atoms with van der Waals surface area (Å²) in [5, 5.41) is 5.98. The van der Waals surface area contributed by atoms with E-state index in [-0.39, 0.29) is 5.91 Å². The fraction of sp³-hybridized carbons (Fsp3) is 0.200. The van der Waals surface area contributed by atoms with Gasteiger partial charge in [-0.2, -0.15) is 0 Å². The summed E-state index contributed by atoms with van der Waals surface area (Å²) in [6.07, 6.45) is 5.23. The highest BCUT2D eigenvalue weighted by Crippen LogP contribution is 2.15. The Labute approximate surface area is 164 Å². The van der Waals surface area contributed by atoms with Crippen molar-refractivity contribution in [2.75, 3.05) is 12.9 Å². The van der Waals surface area contributed by atoms with Crippen LogP contribution in [0.5, 0.6) is 5.75 Å². The molecule has 2 N–H and O–H groups in total. The Bertz CT molecular complexity index is 756. The summed E-state index contributed by atoms with van der Waals surface area (Å²) in [6, 6.07) is 15.7. The first-order valence-corrected chi connectivity index (χ1v) is 9.86. The Morgan fingerprint density at radius 3 is 2.46 bits per heavy atom. The second-order valence-electron chi connectivity index (χ2n) is 5.36. The van der Waals surface area contributed by atoms with Gasteiger partial charge in [0.2, 0.25) is 5.91 Å². The summed E-state index contributed by atoms with van der Waals surface area (Å²) < 4.78 is 5.39. The van der Waals surface area contributed by atoms with Crippen molar-refractivity contribution in [3.63, 3.8) is 0 Å². The van der Waals surface area contributed by atoms with E-state index >= 15 is 0 Å². The summed E-state index contributed by atoms with van der Waals surface area (Å²) in [6.45, 7) is 3.13. The molecule has 0 spiro atoms. The quantitative estimate of drug-likeness (QED) is 0.428. The van der Waals surface area contributed by atoms with Gasteiger partial charge in [0.1, 0.15) is 5.75 Å². The van der Waals surface area contributed by atoms with Gasteiger partial charge in [-0.15, -0.1) is 11.8 Å². The van der Waals surface area contributed by atoms with Crippen molar-refractivity contribution in [1.29, 1.82) is 0 Å². The second-order valence-corrected chi connectivity index (χ2v) is 6.64. The molecule has 0 saturated heterocycles. The molecule has 0 saturated carbocycles. The smallest absolute Gasteiger partial charge is 0.250 e. The summed E-state index contributed by atoms with van der Waals surface area (Å²) in [7, 11) is 0. The molecule has 26 heavy (non-hydrogen) atoms. The molecule has 0 heterocycles. The lowest BCUT2D eigenvalue weighted by atomic mass is 10.2. The number of hydrogen-bond acceptors (Lipinski definition) is 4. The number of thiocarbonyl (C=S) groups is 1. The number of ether oxygens (including phenoxy) is 1. The van der Waals surface area contributed by atoms with Gasteiger partial charge in [-0.25, -0.2) is 0 Å². The van der Waals surface area contributed by atoms with Crippen molar-refractivity contribution < 1.29 is 9.53 Å². The molecule has 0 aliphatic rings. The van der Waals surface area contributed by atoms with Crippen LogP contribution < -0.4 is 15.4 Å². The van der Waals surface area contributed by atoms with E-state index < -0.39 is 0 Å². The average Bonchev–Trinajstić information content (AvgIpc) is 2.66. The molecule has 2 rings (SSSR count). The Balaban J connectivity index is 1.77. The van der Waals surface area contributed by atoms with Gasteiger partial charge in [0.05, 0.1) is 6.61 Å². The van der Waals surface area contributed by atoms with Gasteiger partial charge in [-0.05, 0) is 66.9 Å². The topological polar surface area (TPSA) is 50.4 Å². The molecule has 4 nitrogen and oxygen atoms in total. The van der Waals surface area contributed by atoms with E-state index in [9.17, 15) is 4.79 Å². The minimum Gasteiger partial charge on any atom is -0.494 e. The molecule has 6 heteroatoms. The zero-order valence-corrected chi connectivity index (χ0v) is 16.5. The molecule has 0 aromatic heterocycles. The van der Waals surface area contributed by atoms with Crippen molar-refractivity contribution in [3.05, 3.63) is 65.7 Å². The number of nitrogens with one attached hydrogen (secondary N) is 2. The Morgan fingerprint density at radius 1 is 1.15 bits per heavy atom. The first-order chi connectivity index (χ1) is 12.6. The van der Waals surface area contributed by atoms with E-state index in [1.165, 1.54) is 11.0 Å². The highest BCUT2D eigenvalue weighted by atomic mass is 32.2. The fourth-order valence-corrected chi connectivity index (χ4v) is 2.72. The predicted molar refractivity (Wildman–Crippen MR) is 112 cm³/mol. The maximum atomic E-state index is 11.9. The highest BCUT2D eigenvalue weighted by Gasteiger charge is 2.01. The monoisotopic (exact) mass is 386 g/mol. The van der Waals surface area contributed by atoms with Crippen LogP contribution >= 0.6 is 24.0 Å². The maximum absolute atomic E-state index is 11.9. The molecular formula is C20H22N2O2S2. The van der Waals surface area contributed by atoms with Crippen LogP contribution in [0.15, 0.2) is 59.5 Å². The molecule has 0 unspecified atom stereocenters. The minimum atomic E-state index is -0.269. The number of carbonyl (C=O) groups is 1. The largest absolute Gasteiger partial charge is 0.494 e. The predicted octanol–water partition coefficient (Wildman–Crippen LogP) is 4.01. The summed E-state index contributed by atoms with van der Waals surface area (Å²) in [5.41, 5.74) is 2.01. The first kappa shape index (κ1) is 20.0. The lowest BCUT2D eigenvalue weighted by Crippen LogP contribution is -2.37. The number of thioether (sulfide) groups is 1. The number of amides is 1. The molecule has 0 radical (unpaired) electrons. The van der Waals surface area contributed by atoms with Crippen LogP contribution in [0.25, 0.3) is 6.08 Å². The maximum Gasteiger partial charge on any atom is 0.250 e. The normalized spacial score (nSPS) is 10.5. The Kier molecular flexibility index (Phi) is 8.18. The zero-order valence-electron chi connectivity index (χ0n) is 14.8. The van der Waals surface area contributed by atoms with Gasteiger partial charge in [0, 0.05) is 17.5 Å². The van der Waals surface area contributed by atoms with Crippen LogP contribution in [0.2, 0.25) is 0 Å². The van der Waals surface area contributed by atoms with E-state index in [4.69, 9.17) is 17.0 Å². The van der Waals surface area contributed by atoms with Crippen molar-refractivity contribution >= 4 is 41.1 Å². The lowest BCUT2D eigenvalue weighted by molar-refractivity contribution is -0.115. The number of benzene rings is 2. The lowest BCUT2D eigenvalue weighted by Gasteiger charge is -2.08. The van der Waals surface area contributed by atoms with E-state index in [1.807, 2.05) is 49.6 Å². The molecule has 0 bridgehead atoms. The molecule has 0 fully saturated rings. The molecule has 0 aliphatic carbocycles. The van der Waals surface area contributed by atoms with Crippen LogP contribution in [0, 0.1) is 0 Å². The van der Waals surface area contributed by atoms with Crippen molar-refractivity contribution in [2.24, 2.45) is 0 Å². The van der Waals surface area contributed by atoms with Crippen LogP contribution in [0.3, 0.4) is 0 Å². The molecule has 1 amide bonds. The third-order valence-electron chi connectivity index (χ3n) is 3.47. The van der Waals surface area contributed by atoms with Gasteiger partial charge in [0.15, 0.2) is 5.11 Å². The average molecular weight is 387 g/mol. The second kappa shape index (κ2) is 10.6. The van der Waals surface area contributed by atoms with Gasteiger partial charge in [-0.1, -0.05) is 24.3 Å². The van der Waals surface area contributed by atoms with Crippen LogP contribution in [0.4, 0.5) is 0 Å². The van der Waals surface area contributed by atoms with Crippen LogP contribution in [-0.2, 0) is 11.3 Å². The first-order valence-electron chi connectivity index (χ1n) is 8.23. The number of carbonyl (C=O) groups excluding carboxylic acids is 1. The zero-order chi connectivity index (χ0) is 18.8. The van der Waals surface area contributed by atoms with Crippen molar-refractivity contribution in [3.8, 4) is 5.75 Å². The summed E-state index contributed by atoms with van der Waals surface area (Å²) in [4.78, 5) is 13.2. The molecule has 0 aliphatic heterocycles. The fourth-order valence-electron chi connectivity index (χ4n) is 2.14. The van der Waals surface area contributed by atoms with Crippen molar-refractivity contribution in [2.45, 2.75) is 18.4 Å². The summed E-state index contributed by atoms with van der Waals surface area (Å²) in [5.74, 6) is 0.541. The van der Waals surface area contributed by atoms with Gasteiger partial charge in [0.25, 0.3) is 0 Å². The van der Waals surface area contributed by atoms with Gasteiger partial charge < -0.3 is 10.1 Å². The van der Waals surface area contributed by atoms with Crippen LogP contribution in [0.1, 0.15) is 18.1 Å². The van der Waals surface area contributed by atoms with E-state index in [2.05, 4.69) is 22.8 Å². The highest BCUT2D eigenvalue weighted by molar-refractivity contribution is 7.98. The molecule has 0 atom stereocenters. The standard InChI is InChI=1S/C20H22N2O2S2/c1-3-24-17-9-4-15(5-10-17)8-13-19(23)22-20(25)21-14-16-6-11-18(26-2)12-7-16/h4-13H,3,14H2,1-2H3,(H2,21,22,23,25)/b13-8+. The Hall–Kier alpha value is -2.31. The number of rotatable bonds is 7. The molecular weight excluding hydrogens is 364 g/mol. The molecule has 2 aromatic carbocycles. The number of hydrogen-bond donors (Lipinski definition) is 2.